The summed E-state index contributed by atoms with van der Waals surface area (Å²) >= 11 is 0. The molecular formula is C25H32N4O. The van der Waals surface area contributed by atoms with Crippen LogP contribution < -0.4 is 5.32 Å². The Morgan fingerprint density at radius 2 is 1.70 bits per heavy atom. The second kappa shape index (κ2) is 9.11. The predicted molar refractivity (Wildman–Crippen MR) is 124 cm³/mol. The molecule has 0 amide bonds. The van der Waals surface area contributed by atoms with E-state index in [9.17, 15) is 0 Å². The van der Waals surface area contributed by atoms with Gasteiger partial charge in [-0.2, -0.15) is 0 Å². The summed E-state index contributed by atoms with van der Waals surface area (Å²) in [6.45, 7) is 12.4. The maximum atomic E-state index is 5.43. The van der Waals surface area contributed by atoms with Crippen LogP contribution in [0.2, 0.25) is 0 Å². The average Bonchev–Trinajstić information content (AvgIpc) is 2.76. The molecule has 0 unspecified atom stereocenters. The van der Waals surface area contributed by atoms with E-state index < -0.39 is 0 Å². The molecule has 1 aliphatic heterocycles. The fourth-order valence-electron chi connectivity index (χ4n) is 3.79. The van der Waals surface area contributed by atoms with Crippen molar-refractivity contribution in [2.24, 2.45) is 0 Å². The number of para-hydroxylation sites is 1. The molecule has 2 heterocycles. The molecule has 3 aromatic rings. The highest BCUT2D eigenvalue weighted by Gasteiger charge is 2.15. The van der Waals surface area contributed by atoms with Crippen LogP contribution in [0, 0.1) is 0 Å². The van der Waals surface area contributed by atoms with E-state index in [1.165, 1.54) is 5.56 Å². The molecule has 1 aliphatic rings. The largest absolute Gasteiger partial charge is 0.379 e. The average molecular weight is 405 g/mol. The molecule has 5 nitrogen and oxygen atoms in total. The molecule has 5 heteroatoms. The van der Waals surface area contributed by atoms with E-state index in [1.54, 1.807) is 0 Å². The fraction of sp³-hybridized carbons (Fsp3) is 0.440. The number of aromatic nitrogens is 2. The number of rotatable bonds is 6. The number of nitrogens with one attached hydrogen (secondary N) is 1. The van der Waals surface area contributed by atoms with Crippen LogP contribution in [0.25, 0.3) is 22.3 Å². The Bertz CT molecular complexity index is 973. The number of hydrogen-bond acceptors (Lipinski definition) is 5. The van der Waals surface area contributed by atoms with Gasteiger partial charge in [0.15, 0.2) is 5.82 Å². The van der Waals surface area contributed by atoms with Gasteiger partial charge in [0.1, 0.15) is 5.82 Å². The van der Waals surface area contributed by atoms with Gasteiger partial charge in [-0.1, -0.05) is 57.2 Å². The van der Waals surface area contributed by atoms with E-state index in [0.717, 1.165) is 73.9 Å². The Morgan fingerprint density at radius 3 is 2.43 bits per heavy atom. The zero-order valence-corrected chi connectivity index (χ0v) is 18.3. The van der Waals surface area contributed by atoms with E-state index in [0.29, 0.717) is 0 Å². The Balaban J connectivity index is 1.52. The summed E-state index contributed by atoms with van der Waals surface area (Å²) in [6.07, 6.45) is 1.08. The lowest BCUT2D eigenvalue weighted by Crippen LogP contribution is -2.37. The van der Waals surface area contributed by atoms with E-state index >= 15 is 0 Å². The van der Waals surface area contributed by atoms with Gasteiger partial charge in [-0.05, 0) is 36.1 Å². The molecule has 30 heavy (non-hydrogen) atoms. The zero-order valence-electron chi connectivity index (χ0n) is 18.3. The minimum atomic E-state index is 0.135. The van der Waals surface area contributed by atoms with Crippen LogP contribution in [0.15, 0.2) is 48.5 Å². The van der Waals surface area contributed by atoms with Crippen LogP contribution in [0.3, 0.4) is 0 Å². The molecule has 1 N–H and O–H groups in total. The first-order valence-corrected chi connectivity index (χ1v) is 10.9. The van der Waals surface area contributed by atoms with E-state index in [2.05, 4.69) is 67.4 Å². The molecule has 0 radical (unpaired) electrons. The summed E-state index contributed by atoms with van der Waals surface area (Å²) in [5.74, 6) is 1.68. The van der Waals surface area contributed by atoms with Crippen molar-refractivity contribution >= 4 is 16.7 Å². The van der Waals surface area contributed by atoms with Crippen molar-refractivity contribution in [1.29, 1.82) is 0 Å². The van der Waals surface area contributed by atoms with Gasteiger partial charge in [0.05, 0.1) is 18.7 Å². The first-order valence-electron chi connectivity index (χ1n) is 10.9. The van der Waals surface area contributed by atoms with Gasteiger partial charge >= 0.3 is 0 Å². The molecule has 0 aliphatic carbocycles. The quantitative estimate of drug-likeness (QED) is 0.602. The number of nitrogens with zero attached hydrogens (tertiary/aromatic N) is 3. The zero-order chi connectivity index (χ0) is 21.0. The minimum absolute atomic E-state index is 0.135. The van der Waals surface area contributed by atoms with Gasteiger partial charge in [-0.15, -0.1) is 0 Å². The van der Waals surface area contributed by atoms with Crippen LogP contribution in [0.4, 0.5) is 5.82 Å². The van der Waals surface area contributed by atoms with E-state index in [1.807, 2.05) is 12.1 Å². The standard InChI is InChI=1S/C25H32N4O/c1-25(2,3)20-11-9-19(10-12-20)23-27-22-8-5-4-7-21(22)24(28-23)26-13-6-14-29-15-17-30-18-16-29/h4-5,7-12H,6,13-18H2,1-3H3,(H,26,27,28). The molecule has 158 valence electrons. The van der Waals surface area contributed by atoms with Crippen molar-refractivity contribution in [3.8, 4) is 11.4 Å². The second-order valence-electron chi connectivity index (χ2n) is 8.97. The molecule has 1 saturated heterocycles. The maximum absolute atomic E-state index is 5.43. The third-order valence-electron chi connectivity index (χ3n) is 5.66. The molecule has 2 aromatic carbocycles. The summed E-state index contributed by atoms with van der Waals surface area (Å²) in [7, 11) is 0. The van der Waals surface area contributed by atoms with Crippen LogP contribution in [0.1, 0.15) is 32.8 Å². The molecule has 4 rings (SSSR count). The number of benzene rings is 2. The topological polar surface area (TPSA) is 50.3 Å². The Kier molecular flexibility index (Phi) is 6.30. The van der Waals surface area contributed by atoms with Gasteiger partial charge in [0.25, 0.3) is 0 Å². The first kappa shape index (κ1) is 20.8. The highest BCUT2D eigenvalue weighted by Crippen LogP contribution is 2.27. The number of hydrogen-bond donors (Lipinski definition) is 1. The van der Waals surface area contributed by atoms with Crippen molar-refractivity contribution < 1.29 is 4.74 Å². The summed E-state index contributed by atoms with van der Waals surface area (Å²) in [4.78, 5) is 12.2. The second-order valence-corrected chi connectivity index (χ2v) is 8.97. The lowest BCUT2D eigenvalue weighted by molar-refractivity contribution is 0.0378. The molecule has 0 bridgehead atoms. The monoisotopic (exact) mass is 404 g/mol. The van der Waals surface area contributed by atoms with Gasteiger partial charge in [-0.25, -0.2) is 9.97 Å². The summed E-state index contributed by atoms with van der Waals surface area (Å²) in [6, 6.07) is 16.9. The van der Waals surface area contributed by atoms with Crippen molar-refractivity contribution in [2.45, 2.75) is 32.6 Å². The van der Waals surface area contributed by atoms with Gasteiger partial charge in [0, 0.05) is 30.6 Å². The third-order valence-corrected chi connectivity index (χ3v) is 5.66. The Morgan fingerprint density at radius 1 is 0.967 bits per heavy atom. The van der Waals surface area contributed by atoms with Crippen molar-refractivity contribution in [3.63, 3.8) is 0 Å². The Hall–Kier alpha value is -2.50. The molecule has 0 spiro atoms. The highest BCUT2D eigenvalue weighted by atomic mass is 16.5. The van der Waals surface area contributed by atoms with Gasteiger partial charge < -0.3 is 10.1 Å². The van der Waals surface area contributed by atoms with Crippen LogP contribution >= 0.6 is 0 Å². The summed E-state index contributed by atoms with van der Waals surface area (Å²) in [5.41, 5.74) is 3.47. The number of morpholine rings is 1. The summed E-state index contributed by atoms with van der Waals surface area (Å²) < 4.78 is 5.43. The highest BCUT2D eigenvalue weighted by molar-refractivity contribution is 5.90. The smallest absolute Gasteiger partial charge is 0.162 e. The SMILES string of the molecule is CC(C)(C)c1ccc(-c2nc(NCCCN3CCOCC3)c3ccccc3n2)cc1. The number of anilines is 1. The maximum Gasteiger partial charge on any atom is 0.162 e. The van der Waals surface area contributed by atoms with Crippen LogP contribution in [-0.4, -0.2) is 54.3 Å². The first-order chi connectivity index (χ1) is 14.5. The van der Waals surface area contributed by atoms with Crippen molar-refractivity contribution in [3.05, 3.63) is 54.1 Å². The molecule has 1 fully saturated rings. The molecule has 1 aromatic heterocycles. The van der Waals surface area contributed by atoms with Crippen molar-refractivity contribution in [2.75, 3.05) is 44.7 Å². The normalized spacial score (nSPS) is 15.4. The lowest BCUT2D eigenvalue weighted by Gasteiger charge is -2.26. The van der Waals surface area contributed by atoms with E-state index in [-0.39, 0.29) is 5.41 Å². The number of fused-ring (bicyclic) bond motifs is 1. The predicted octanol–water partition coefficient (Wildman–Crippen LogP) is 4.73. The van der Waals surface area contributed by atoms with Crippen LogP contribution in [-0.2, 0) is 10.2 Å². The third kappa shape index (κ3) is 4.97. The molecular weight excluding hydrogens is 372 g/mol. The van der Waals surface area contributed by atoms with Crippen LogP contribution in [0.5, 0.6) is 0 Å². The molecule has 0 atom stereocenters. The number of ether oxygens (including phenoxy) is 1. The minimum Gasteiger partial charge on any atom is -0.379 e. The summed E-state index contributed by atoms with van der Waals surface area (Å²) in [5, 5.41) is 4.63. The van der Waals surface area contributed by atoms with E-state index in [4.69, 9.17) is 14.7 Å². The fourth-order valence-corrected chi connectivity index (χ4v) is 3.79. The van der Waals surface area contributed by atoms with Gasteiger partial charge in [-0.3, -0.25) is 4.90 Å². The molecule has 0 saturated carbocycles. The van der Waals surface area contributed by atoms with Crippen molar-refractivity contribution in [1.82, 2.24) is 14.9 Å². The Labute approximate surface area is 179 Å². The lowest BCUT2D eigenvalue weighted by atomic mass is 9.87. The van der Waals surface area contributed by atoms with Gasteiger partial charge in [0.2, 0.25) is 0 Å².